The summed E-state index contributed by atoms with van der Waals surface area (Å²) < 4.78 is 11.0. The molecule has 4 rings (SSSR count). The number of benzene rings is 1. The van der Waals surface area contributed by atoms with Gasteiger partial charge in [0.2, 0.25) is 5.91 Å². The van der Waals surface area contributed by atoms with Crippen molar-refractivity contribution >= 4 is 28.8 Å². The lowest BCUT2D eigenvalue weighted by atomic mass is 9.90. The minimum Gasteiger partial charge on any atom is -0.459 e. The average molecular weight is 470 g/mol. The first-order chi connectivity index (χ1) is 15.8. The SMILES string of the molecule is CC1=C(C(=O)OC(C)C)C(c2ccc(C)cc2C)N2C(CC(=O)N3CCOCC3)=CSC2=N1. The van der Waals surface area contributed by atoms with Gasteiger partial charge in [-0.05, 0) is 51.2 Å². The highest BCUT2D eigenvalue weighted by atomic mass is 32.2. The van der Waals surface area contributed by atoms with Crippen molar-refractivity contribution in [3.8, 4) is 0 Å². The molecule has 3 heterocycles. The highest BCUT2D eigenvalue weighted by Crippen LogP contribution is 2.45. The predicted octanol–water partition coefficient (Wildman–Crippen LogP) is 4.08. The van der Waals surface area contributed by atoms with E-state index in [2.05, 4.69) is 32.0 Å². The van der Waals surface area contributed by atoms with E-state index in [0.29, 0.717) is 37.6 Å². The number of fused-ring (bicyclic) bond motifs is 1. The summed E-state index contributed by atoms with van der Waals surface area (Å²) in [7, 11) is 0. The van der Waals surface area contributed by atoms with Gasteiger partial charge in [-0.1, -0.05) is 35.5 Å². The fraction of sp³-hybridized carbons (Fsp3) is 0.480. The molecular weight excluding hydrogens is 438 g/mol. The zero-order valence-corrected chi connectivity index (χ0v) is 20.7. The van der Waals surface area contributed by atoms with Gasteiger partial charge in [0.05, 0.1) is 43.1 Å². The number of amides is 1. The molecule has 33 heavy (non-hydrogen) atoms. The van der Waals surface area contributed by atoms with Crippen LogP contribution in [0, 0.1) is 13.8 Å². The highest BCUT2D eigenvalue weighted by Gasteiger charge is 2.42. The number of hydrogen-bond donors (Lipinski definition) is 0. The summed E-state index contributed by atoms with van der Waals surface area (Å²) in [5.41, 5.74) is 5.27. The number of aryl methyl sites for hydroxylation is 2. The van der Waals surface area contributed by atoms with Crippen LogP contribution in [0.25, 0.3) is 0 Å². The summed E-state index contributed by atoms with van der Waals surface area (Å²) in [5, 5.41) is 2.76. The summed E-state index contributed by atoms with van der Waals surface area (Å²) in [6, 6.07) is 5.84. The third-order valence-electron chi connectivity index (χ3n) is 5.98. The first-order valence-corrected chi connectivity index (χ1v) is 12.2. The summed E-state index contributed by atoms with van der Waals surface area (Å²) >= 11 is 1.49. The molecule has 0 spiro atoms. The monoisotopic (exact) mass is 469 g/mol. The second-order valence-electron chi connectivity index (χ2n) is 8.88. The molecule has 0 saturated carbocycles. The Hall–Kier alpha value is -2.58. The molecule has 1 amide bonds. The number of thioether (sulfide) groups is 1. The van der Waals surface area contributed by atoms with Crippen molar-refractivity contribution in [1.29, 1.82) is 0 Å². The fourth-order valence-corrected chi connectivity index (χ4v) is 5.38. The van der Waals surface area contributed by atoms with Gasteiger partial charge in [-0.3, -0.25) is 4.79 Å². The summed E-state index contributed by atoms with van der Waals surface area (Å²) in [4.78, 5) is 34.9. The van der Waals surface area contributed by atoms with Crippen LogP contribution in [0.2, 0.25) is 0 Å². The third-order valence-corrected chi connectivity index (χ3v) is 6.87. The van der Waals surface area contributed by atoms with Gasteiger partial charge in [0.1, 0.15) is 0 Å². The van der Waals surface area contributed by atoms with Gasteiger partial charge in [-0.25, -0.2) is 9.79 Å². The second-order valence-corrected chi connectivity index (χ2v) is 9.71. The van der Waals surface area contributed by atoms with Gasteiger partial charge in [-0.15, -0.1) is 0 Å². The molecule has 0 aromatic heterocycles. The fourth-order valence-electron chi connectivity index (χ4n) is 4.41. The number of allylic oxidation sites excluding steroid dienone is 1. The maximum atomic E-state index is 13.3. The molecule has 1 unspecified atom stereocenters. The molecule has 0 aliphatic carbocycles. The van der Waals surface area contributed by atoms with Crippen molar-refractivity contribution in [2.45, 2.75) is 53.2 Å². The summed E-state index contributed by atoms with van der Waals surface area (Å²) in [6.07, 6.45) is 0.00715. The molecule has 1 aromatic carbocycles. The lowest BCUT2D eigenvalue weighted by Gasteiger charge is -2.37. The number of ether oxygens (including phenoxy) is 2. The number of carbonyl (C=O) groups excluding carboxylic acids is 2. The quantitative estimate of drug-likeness (QED) is 0.605. The van der Waals surface area contributed by atoms with Gasteiger partial charge >= 0.3 is 5.97 Å². The predicted molar refractivity (Wildman–Crippen MR) is 130 cm³/mol. The zero-order chi connectivity index (χ0) is 23.7. The van der Waals surface area contributed by atoms with Gasteiger partial charge in [-0.2, -0.15) is 0 Å². The minimum absolute atomic E-state index is 0.0587. The van der Waals surface area contributed by atoms with E-state index in [4.69, 9.17) is 14.5 Å². The van der Waals surface area contributed by atoms with Gasteiger partial charge < -0.3 is 19.3 Å². The molecule has 1 aromatic rings. The third kappa shape index (κ3) is 4.87. The average Bonchev–Trinajstić information content (AvgIpc) is 3.15. The van der Waals surface area contributed by atoms with Gasteiger partial charge in [0.15, 0.2) is 5.17 Å². The van der Waals surface area contributed by atoms with E-state index >= 15 is 0 Å². The first-order valence-electron chi connectivity index (χ1n) is 11.3. The highest BCUT2D eigenvalue weighted by molar-refractivity contribution is 8.16. The van der Waals surface area contributed by atoms with E-state index < -0.39 is 6.04 Å². The number of carbonyl (C=O) groups is 2. The molecule has 1 fully saturated rings. The zero-order valence-electron chi connectivity index (χ0n) is 19.9. The molecule has 0 N–H and O–H groups in total. The normalized spacial score (nSPS) is 20.6. The molecular formula is C25H31N3O4S. The van der Waals surface area contributed by atoms with Crippen LogP contribution in [0.1, 0.15) is 49.9 Å². The Labute approximate surface area is 199 Å². The van der Waals surface area contributed by atoms with E-state index in [0.717, 1.165) is 27.6 Å². The minimum atomic E-state index is -0.400. The van der Waals surface area contributed by atoms with E-state index in [1.165, 1.54) is 11.8 Å². The Balaban J connectivity index is 1.73. The van der Waals surface area contributed by atoms with Crippen molar-refractivity contribution in [2.24, 2.45) is 4.99 Å². The lowest BCUT2D eigenvalue weighted by Crippen LogP contribution is -2.42. The van der Waals surface area contributed by atoms with E-state index in [9.17, 15) is 9.59 Å². The standard InChI is InChI=1S/C25H31N3O4S/c1-15(2)32-24(30)22-18(5)26-25-28(23(22)20-7-6-16(3)12-17(20)4)19(14-33-25)13-21(29)27-8-10-31-11-9-27/h6-7,12,14-15,23H,8-11,13H2,1-5H3. The van der Waals surface area contributed by atoms with E-state index in [1.807, 2.05) is 36.0 Å². The number of esters is 1. The molecule has 3 aliphatic rings. The van der Waals surface area contributed by atoms with E-state index in [1.54, 1.807) is 0 Å². The van der Waals surface area contributed by atoms with Crippen LogP contribution in [0.3, 0.4) is 0 Å². The second kappa shape index (κ2) is 9.73. The van der Waals surface area contributed by atoms with Crippen molar-refractivity contribution in [2.75, 3.05) is 26.3 Å². The van der Waals surface area contributed by atoms with Crippen LogP contribution < -0.4 is 0 Å². The van der Waals surface area contributed by atoms with Crippen LogP contribution >= 0.6 is 11.8 Å². The van der Waals surface area contributed by atoms with Crippen molar-refractivity contribution < 1.29 is 19.1 Å². The molecule has 176 valence electrons. The van der Waals surface area contributed by atoms with E-state index in [-0.39, 0.29) is 24.4 Å². The Morgan fingerprint density at radius 1 is 1.21 bits per heavy atom. The summed E-state index contributed by atoms with van der Waals surface area (Å²) in [6.45, 7) is 12.0. The van der Waals surface area contributed by atoms with Crippen LogP contribution in [-0.2, 0) is 19.1 Å². The molecule has 8 heteroatoms. The van der Waals surface area contributed by atoms with Crippen LogP contribution in [0.15, 0.2) is 45.6 Å². The molecule has 1 saturated heterocycles. The summed E-state index contributed by atoms with van der Waals surface area (Å²) in [5.74, 6) is -0.311. The molecule has 3 aliphatic heterocycles. The van der Waals surface area contributed by atoms with Gasteiger partial charge in [0, 0.05) is 18.8 Å². The number of aliphatic imine (C=N–C) groups is 1. The van der Waals surface area contributed by atoms with Crippen molar-refractivity contribution in [1.82, 2.24) is 9.80 Å². The van der Waals surface area contributed by atoms with Crippen LogP contribution in [0.5, 0.6) is 0 Å². The Morgan fingerprint density at radius 3 is 2.61 bits per heavy atom. The molecule has 1 atom stereocenters. The number of amidine groups is 1. The molecule has 0 bridgehead atoms. The van der Waals surface area contributed by atoms with Crippen molar-refractivity contribution in [3.05, 3.63) is 57.3 Å². The smallest absolute Gasteiger partial charge is 0.338 e. The topological polar surface area (TPSA) is 71.4 Å². The Morgan fingerprint density at radius 2 is 1.94 bits per heavy atom. The maximum absolute atomic E-state index is 13.3. The van der Waals surface area contributed by atoms with Crippen LogP contribution in [-0.4, -0.2) is 59.3 Å². The van der Waals surface area contributed by atoms with Crippen LogP contribution in [0.4, 0.5) is 0 Å². The first kappa shape index (κ1) is 23.6. The van der Waals surface area contributed by atoms with Crippen molar-refractivity contribution in [3.63, 3.8) is 0 Å². The Kier molecular flexibility index (Phi) is 6.95. The largest absolute Gasteiger partial charge is 0.459 e. The lowest BCUT2D eigenvalue weighted by molar-refractivity contribution is -0.143. The van der Waals surface area contributed by atoms with Gasteiger partial charge in [0.25, 0.3) is 0 Å². The number of nitrogens with zero attached hydrogens (tertiary/aromatic N) is 3. The Bertz CT molecular complexity index is 1050. The molecule has 0 radical (unpaired) electrons. The number of rotatable bonds is 5. The maximum Gasteiger partial charge on any atom is 0.338 e. The number of morpholine rings is 1. The number of hydrogen-bond acceptors (Lipinski definition) is 7. The molecule has 7 nitrogen and oxygen atoms in total.